The molecule has 0 atom stereocenters. The molecule has 0 radical (unpaired) electrons. The molecule has 0 fully saturated rings. The highest BCUT2D eigenvalue weighted by Crippen LogP contribution is 2.28. The van der Waals surface area contributed by atoms with Gasteiger partial charge >= 0.3 is 5.63 Å². The highest BCUT2D eigenvalue weighted by atomic mass is 79.9. The van der Waals surface area contributed by atoms with Crippen LogP contribution in [0, 0.1) is 0 Å². The zero-order valence-corrected chi connectivity index (χ0v) is 23.9. The van der Waals surface area contributed by atoms with Gasteiger partial charge in [-0.2, -0.15) is 5.10 Å². The van der Waals surface area contributed by atoms with Gasteiger partial charge in [0.05, 0.1) is 40.9 Å². The second-order valence-corrected chi connectivity index (χ2v) is 10.4. The summed E-state index contributed by atoms with van der Waals surface area (Å²) in [5.74, 6) is 1.47. The van der Waals surface area contributed by atoms with Crippen molar-refractivity contribution in [3.8, 4) is 28.4 Å². The average Bonchev–Trinajstić information content (AvgIpc) is 3.67. The third kappa shape index (κ3) is 6.03. The average molecular weight is 629 g/mol. The number of hydrogen-bond donors (Lipinski definition) is 1. The minimum absolute atomic E-state index is 0.282. The molecule has 0 aliphatic carbocycles. The van der Waals surface area contributed by atoms with Gasteiger partial charge < -0.3 is 13.9 Å². The largest absolute Gasteiger partial charge is 0.497 e. The summed E-state index contributed by atoms with van der Waals surface area (Å²) in [6.45, 7) is 0.282. The summed E-state index contributed by atoms with van der Waals surface area (Å²) >= 11 is 4.75. The summed E-state index contributed by atoms with van der Waals surface area (Å²) < 4.78 is 18.9. The van der Waals surface area contributed by atoms with Crippen LogP contribution in [0.3, 0.4) is 0 Å². The predicted molar refractivity (Wildman–Crippen MR) is 161 cm³/mol. The van der Waals surface area contributed by atoms with Crippen LogP contribution in [0.25, 0.3) is 27.9 Å². The van der Waals surface area contributed by atoms with Crippen molar-refractivity contribution in [2.45, 2.75) is 6.61 Å². The van der Waals surface area contributed by atoms with Crippen molar-refractivity contribution in [3.05, 3.63) is 111 Å². The predicted octanol–water partition coefficient (Wildman–Crippen LogP) is 6.29. The fraction of sp³-hybridized carbons (Fsp3) is 0.0690. The number of thiazole rings is 1. The number of fused-ring (bicyclic) bond motifs is 1. The molecule has 41 heavy (non-hydrogen) atoms. The minimum Gasteiger partial charge on any atom is -0.497 e. The molecule has 1 N–H and O–H groups in total. The maximum absolute atomic E-state index is 12.5. The number of rotatable bonds is 9. The molecular formula is C29H21BrN6O4S. The molecule has 0 aliphatic heterocycles. The molecule has 0 aliphatic rings. The van der Waals surface area contributed by atoms with Crippen LogP contribution in [0.4, 0.5) is 5.13 Å². The number of halogens is 1. The Morgan fingerprint density at radius 1 is 1.10 bits per heavy atom. The van der Waals surface area contributed by atoms with Crippen molar-refractivity contribution in [3.63, 3.8) is 0 Å². The molecule has 3 aromatic carbocycles. The molecular weight excluding hydrogens is 608 g/mol. The van der Waals surface area contributed by atoms with Gasteiger partial charge in [-0.1, -0.05) is 17.3 Å². The Labute approximate surface area is 246 Å². The normalized spacial score (nSPS) is 11.3. The number of methoxy groups -OCH3 is 1. The molecule has 12 heteroatoms. The van der Waals surface area contributed by atoms with E-state index < -0.39 is 5.63 Å². The van der Waals surface area contributed by atoms with E-state index in [0.29, 0.717) is 33.4 Å². The summed E-state index contributed by atoms with van der Waals surface area (Å²) in [5.41, 5.74) is 6.33. The molecule has 204 valence electrons. The number of nitrogens with one attached hydrogen (secondary N) is 1. The van der Waals surface area contributed by atoms with Crippen molar-refractivity contribution < 1.29 is 13.9 Å². The lowest BCUT2D eigenvalue weighted by atomic mass is 10.1. The summed E-state index contributed by atoms with van der Waals surface area (Å²) in [6.07, 6.45) is 3.50. The number of para-hydroxylation sites is 1. The van der Waals surface area contributed by atoms with Crippen molar-refractivity contribution in [1.29, 1.82) is 0 Å². The molecule has 0 amide bonds. The molecule has 6 aromatic rings. The van der Waals surface area contributed by atoms with Crippen LogP contribution >= 0.6 is 27.3 Å². The van der Waals surface area contributed by atoms with E-state index in [9.17, 15) is 4.79 Å². The number of ether oxygens (including phenoxy) is 2. The van der Waals surface area contributed by atoms with Gasteiger partial charge in [0.1, 0.15) is 23.8 Å². The lowest BCUT2D eigenvalue weighted by Crippen LogP contribution is -2.03. The number of hydrogen-bond acceptors (Lipinski definition) is 10. The third-order valence-electron chi connectivity index (χ3n) is 6.01. The van der Waals surface area contributed by atoms with Gasteiger partial charge in [-0.25, -0.2) is 14.5 Å². The van der Waals surface area contributed by atoms with Crippen molar-refractivity contribution in [2.24, 2.45) is 5.10 Å². The highest BCUT2D eigenvalue weighted by molar-refractivity contribution is 9.10. The van der Waals surface area contributed by atoms with E-state index in [2.05, 4.69) is 41.8 Å². The molecule has 3 aromatic heterocycles. The summed E-state index contributed by atoms with van der Waals surface area (Å²) in [4.78, 5) is 17.0. The first-order valence-electron chi connectivity index (χ1n) is 12.3. The van der Waals surface area contributed by atoms with Crippen LogP contribution in [0.1, 0.15) is 11.3 Å². The molecule has 3 heterocycles. The minimum atomic E-state index is -0.450. The Morgan fingerprint density at radius 3 is 2.71 bits per heavy atom. The number of aromatic nitrogens is 4. The van der Waals surface area contributed by atoms with E-state index >= 15 is 0 Å². The molecule has 0 saturated heterocycles. The molecule has 0 unspecified atom stereocenters. The number of nitrogens with zero attached hydrogens (tertiary/aromatic N) is 5. The van der Waals surface area contributed by atoms with Crippen LogP contribution in [0.15, 0.2) is 103 Å². The molecule has 0 saturated carbocycles. The number of benzene rings is 3. The van der Waals surface area contributed by atoms with E-state index in [0.717, 1.165) is 26.9 Å². The Hall–Kier alpha value is -4.81. The standard InChI is InChI=1S/C29H21BrN6O4S/c1-38-22-11-7-21(8-12-22)36-15-20(33-35-36)16-39-23-9-5-18(6-10-23)14-31-34-29-32-26(17-41-29)24-13-19-3-2-4-25(30)27(19)40-28(24)37/h2-15,17H,16H2,1H3,(H,32,34)/b31-14+. The van der Waals surface area contributed by atoms with Crippen molar-refractivity contribution in [1.82, 2.24) is 20.0 Å². The van der Waals surface area contributed by atoms with E-state index in [4.69, 9.17) is 13.9 Å². The first-order valence-corrected chi connectivity index (χ1v) is 14.0. The monoisotopic (exact) mass is 628 g/mol. The number of anilines is 1. The van der Waals surface area contributed by atoms with E-state index in [1.165, 1.54) is 11.3 Å². The van der Waals surface area contributed by atoms with E-state index in [1.54, 1.807) is 29.5 Å². The van der Waals surface area contributed by atoms with Crippen LogP contribution < -0.4 is 20.5 Å². The van der Waals surface area contributed by atoms with Crippen molar-refractivity contribution >= 4 is 49.6 Å². The zero-order valence-electron chi connectivity index (χ0n) is 21.5. The Morgan fingerprint density at radius 2 is 1.90 bits per heavy atom. The van der Waals surface area contributed by atoms with Gasteiger partial charge in [0.2, 0.25) is 5.13 Å². The molecule has 6 rings (SSSR count). The maximum atomic E-state index is 12.5. The van der Waals surface area contributed by atoms with Crippen LogP contribution in [0.5, 0.6) is 11.5 Å². The van der Waals surface area contributed by atoms with Crippen LogP contribution in [-0.2, 0) is 6.61 Å². The van der Waals surface area contributed by atoms with Gasteiger partial charge in [-0.3, -0.25) is 5.43 Å². The summed E-state index contributed by atoms with van der Waals surface area (Å²) in [6, 6.07) is 22.4. The van der Waals surface area contributed by atoms with E-state index in [-0.39, 0.29) is 6.61 Å². The first kappa shape index (κ1) is 26.4. The lowest BCUT2D eigenvalue weighted by Gasteiger charge is -2.04. The van der Waals surface area contributed by atoms with Crippen LogP contribution in [-0.4, -0.2) is 33.3 Å². The van der Waals surface area contributed by atoms with Gasteiger partial charge in [0, 0.05) is 10.8 Å². The lowest BCUT2D eigenvalue weighted by molar-refractivity contribution is 0.301. The van der Waals surface area contributed by atoms with Gasteiger partial charge in [0.15, 0.2) is 5.58 Å². The molecule has 0 bridgehead atoms. The molecule has 0 spiro atoms. The maximum Gasteiger partial charge on any atom is 0.345 e. The Bertz CT molecular complexity index is 1900. The SMILES string of the molecule is COc1ccc(-n2cc(COc3ccc(/C=N/Nc4nc(-c5cc6cccc(Br)c6oc5=O)cs4)cc3)nn2)cc1. The highest BCUT2D eigenvalue weighted by Gasteiger charge is 2.13. The third-order valence-corrected chi connectivity index (χ3v) is 7.38. The summed E-state index contributed by atoms with van der Waals surface area (Å²) in [7, 11) is 1.63. The second kappa shape index (κ2) is 11.7. The molecule has 10 nitrogen and oxygen atoms in total. The van der Waals surface area contributed by atoms with Gasteiger partial charge in [-0.05, 0) is 82.2 Å². The topological polar surface area (TPSA) is 117 Å². The Balaban J connectivity index is 1.04. The number of hydrazone groups is 1. The second-order valence-electron chi connectivity index (χ2n) is 8.72. The zero-order chi connectivity index (χ0) is 28.2. The van der Waals surface area contributed by atoms with Gasteiger partial charge in [-0.15, -0.1) is 16.4 Å². The smallest absolute Gasteiger partial charge is 0.345 e. The van der Waals surface area contributed by atoms with Crippen molar-refractivity contribution in [2.75, 3.05) is 12.5 Å². The fourth-order valence-corrected chi connectivity index (χ4v) is 5.05. The summed E-state index contributed by atoms with van der Waals surface area (Å²) in [5, 5.41) is 15.7. The van der Waals surface area contributed by atoms with E-state index in [1.807, 2.05) is 72.9 Å². The van der Waals surface area contributed by atoms with Crippen LogP contribution in [0.2, 0.25) is 0 Å². The van der Waals surface area contributed by atoms with Gasteiger partial charge in [0.25, 0.3) is 0 Å². The Kier molecular flexibility index (Phi) is 7.56. The fourth-order valence-electron chi connectivity index (χ4n) is 3.93. The first-order chi connectivity index (χ1) is 20.1. The quantitative estimate of drug-likeness (QED) is 0.113.